The monoisotopic (exact) mass is 387 g/mol. The van der Waals surface area contributed by atoms with Crippen LogP contribution in [0.4, 0.5) is 0 Å². The number of nitrogens with zero attached hydrogens (tertiary/aromatic N) is 3. The van der Waals surface area contributed by atoms with Crippen LogP contribution in [0.1, 0.15) is 57.3 Å². The van der Waals surface area contributed by atoms with Gasteiger partial charge in [0.1, 0.15) is 0 Å². The molecule has 1 aromatic carbocycles. The number of methoxy groups -OCH3 is 2. The molecule has 0 unspecified atom stereocenters. The fourth-order valence-corrected chi connectivity index (χ4v) is 3.58. The number of ether oxygens (including phenoxy) is 2. The summed E-state index contributed by atoms with van der Waals surface area (Å²) >= 11 is 0. The summed E-state index contributed by atoms with van der Waals surface area (Å²) in [6.07, 6.45) is 5.71. The van der Waals surface area contributed by atoms with Crippen LogP contribution in [-0.4, -0.2) is 48.3 Å². The average Bonchev–Trinajstić information content (AvgIpc) is 3.23. The van der Waals surface area contributed by atoms with E-state index in [1.54, 1.807) is 14.2 Å². The van der Waals surface area contributed by atoms with Gasteiger partial charge < -0.3 is 18.9 Å². The lowest BCUT2D eigenvalue weighted by molar-refractivity contribution is -0.132. The third kappa shape index (κ3) is 4.64. The number of aromatic nitrogens is 2. The molecular weight excluding hydrogens is 358 g/mol. The Bertz CT molecular complexity index is 790. The van der Waals surface area contributed by atoms with Gasteiger partial charge in [0.25, 0.3) is 0 Å². The average molecular weight is 387 g/mol. The third-order valence-corrected chi connectivity index (χ3v) is 5.20. The number of hydrogen-bond acceptors (Lipinski definition) is 6. The third-order valence-electron chi connectivity index (χ3n) is 5.20. The van der Waals surface area contributed by atoms with Crippen LogP contribution in [0, 0.1) is 0 Å². The van der Waals surface area contributed by atoms with Crippen LogP contribution in [0.15, 0.2) is 22.7 Å². The second-order valence-electron chi connectivity index (χ2n) is 7.16. The molecule has 2 aromatic rings. The number of piperidine rings is 1. The van der Waals surface area contributed by atoms with Crippen LogP contribution in [0.3, 0.4) is 0 Å². The van der Waals surface area contributed by atoms with E-state index in [1.165, 1.54) is 0 Å². The van der Waals surface area contributed by atoms with Crippen molar-refractivity contribution in [1.29, 1.82) is 0 Å². The summed E-state index contributed by atoms with van der Waals surface area (Å²) in [6, 6.07) is 5.53. The zero-order valence-corrected chi connectivity index (χ0v) is 16.9. The highest BCUT2D eigenvalue weighted by atomic mass is 16.5. The molecule has 1 amide bonds. The Morgan fingerprint density at radius 3 is 2.82 bits per heavy atom. The maximum absolute atomic E-state index is 12.4. The minimum Gasteiger partial charge on any atom is -0.493 e. The van der Waals surface area contributed by atoms with Gasteiger partial charge in [0.15, 0.2) is 11.5 Å². The molecule has 1 aliphatic rings. The van der Waals surface area contributed by atoms with Crippen LogP contribution in [0.25, 0.3) is 11.4 Å². The number of rotatable bonds is 8. The number of benzene rings is 1. The fraction of sp³-hybridized carbons (Fsp3) is 0.571. The van der Waals surface area contributed by atoms with E-state index in [-0.39, 0.29) is 11.8 Å². The Balaban J connectivity index is 1.68. The fourth-order valence-electron chi connectivity index (χ4n) is 3.58. The summed E-state index contributed by atoms with van der Waals surface area (Å²) in [5, 5.41) is 4.14. The van der Waals surface area contributed by atoms with Gasteiger partial charge in [-0.3, -0.25) is 4.79 Å². The largest absolute Gasteiger partial charge is 0.493 e. The first-order valence-corrected chi connectivity index (χ1v) is 10.00. The molecule has 0 spiro atoms. The van der Waals surface area contributed by atoms with Crippen molar-refractivity contribution in [3.8, 4) is 22.9 Å². The SMILES string of the molecule is CCCCCC(=O)N1CCC[C@H](c2nc(-c3ccc(OC)c(OC)c3)no2)C1. The first-order valence-electron chi connectivity index (χ1n) is 10.00. The highest BCUT2D eigenvalue weighted by molar-refractivity contribution is 5.76. The second-order valence-corrected chi connectivity index (χ2v) is 7.16. The summed E-state index contributed by atoms with van der Waals surface area (Å²) < 4.78 is 16.2. The van der Waals surface area contributed by atoms with E-state index in [9.17, 15) is 4.79 Å². The maximum atomic E-state index is 12.4. The van der Waals surface area contributed by atoms with Crippen molar-refractivity contribution in [3.63, 3.8) is 0 Å². The molecule has 1 aromatic heterocycles. The van der Waals surface area contributed by atoms with E-state index in [4.69, 9.17) is 14.0 Å². The number of amides is 1. The van der Waals surface area contributed by atoms with Crippen molar-refractivity contribution in [1.82, 2.24) is 15.0 Å². The van der Waals surface area contributed by atoms with Crippen LogP contribution in [-0.2, 0) is 4.79 Å². The molecule has 0 N–H and O–H groups in total. The maximum Gasteiger partial charge on any atom is 0.231 e. The van der Waals surface area contributed by atoms with E-state index >= 15 is 0 Å². The Kier molecular flexibility index (Phi) is 6.90. The molecule has 3 rings (SSSR count). The summed E-state index contributed by atoms with van der Waals surface area (Å²) in [6.45, 7) is 3.61. The first-order chi connectivity index (χ1) is 13.7. The summed E-state index contributed by atoms with van der Waals surface area (Å²) in [7, 11) is 3.19. The lowest BCUT2D eigenvalue weighted by Gasteiger charge is -2.31. The molecule has 28 heavy (non-hydrogen) atoms. The van der Waals surface area contributed by atoms with Gasteiger partial charge in [0.2, 0.25) is 17.6 Å². The van der Waals surface area contributed by atoms with Crippen LogP contribution >= 0.6 is 0 Å². The van der Waals surface area contributed by atoms with Gasteiger partial charge in [-0.1, -0.05) is 24.9 Å². The highest BCUT2D eigenvalue weighted by Gasteiger charge is 2.28. The molecule has 0 bridgehead atoms. The molecule has 7 heteroatoms. The molecule has 1 aliphatic heterocycles. The first kappa shape index (κ1) is 20.2. The smallest absolute Gasteiger partial charge is 0.231 e. The minimum absolute atomic E-state index is 0.0882. The van der Waals surface area contributed by atoms with Crippen LogP contribution < -0.4 is 9.47 Å². The second kappa shape index (κ2) is 9.57. The molecule has 7 nitrogen and oxygen atoms in total. The number of carbonyl (C=O) groups excluding carboxylic acids is 1. The van der Waals surface area contributed by atoms with Crippen molar-refractivity contribution in [2.45, 2.75) is 51.4 Å². The Morgan fingerprint density at radius 1 is 1.25 bits per heavy atom. The van der Waals surface area contributed by atoms with Gasteiger partial charge in [-0.2, -0.15) is 4.98 Å². The van der Waals surface area contributed by atoms with E-state index < -0.39 is 0 Å². The minimum atomic E-state index is 0.0882. The Morgan fingerprint density at radius 2 is 2.07 bits per heavy atom. The molecular formula is C21H29N3O4. The normalized spacial score (nSPS) is 16.8. The summed E-state index contributed by atoms with van der Waals surface area (Å²) in [4.78, 5) is 19.0. The van der Waals surface area contributed by atoms with Gasteiger partial charge >= 0.3 is 0 Å². The molecule has 1 fully saturated rings. The van der Waals surface area contributed by atoms with E-state index in [2.05, 4.69) is 17.1 Å². The zero-order chi connectivity index (χ0) is 19.9. The predicted molar refractivity (Wildman–Crippen MR) is 106 cm³/mol. The van der Waals surface area contributed by atoms with Gasteiger partial charge in [0, 0.05) is 25.1 Å². The molecule has 0 radical (unpaired) electrons. The van der Waals surface area contributed by atoms with Crippen LogP contribution in [0.5, 0.6) is 11.5 Å². The van der Waals surface area contributed by atoms with E-state index in [0.29, 0.717) is 36.2 Å². The van der Waals surface area contributed by atoms with Crippen molar-refractivity contribution in [2.75, 3.05) is 27.3 Å². The lowest BCUT2D eigenvalue weighted by atomic mass is 9.97. The van der Waals surface area contributed by atoms with Crippen molar-refractivity contribution in [3.05, 3.63) is 24.1 Å². The summed E-state index contributed by atoms with van der Waals surface area (Å²) in [5.74, 6) is 2.70. The quantitative estimate of drug-likeness (QED) is 0.636. The number of carbonyl (C=O) groups is 1. The molecule has 2 heterocycles. The molecule has 0 saturated carbocycles. The van der Waals surface area contributed by atoms with Gasteiger partial charge in [-0.25, -0.2) is 0 Å². The molecule has 1 atom stereocenters. The van der Waals surface area contributed by atoms with Gasteiger partial charge in [0.05, 0.1) is 20.1 Å². The number of unbranched alkanes of at least 4 members (excludes halogenated alkanes) is 2. The highest BCUT2D eigenvalue weighted by Crippen LogP contribution is 2.32. The molecule has 152 valence electrons. The Labute approximate surface area is 166 Å². The van der Waals surface area contributed by atoms with Crippen molar-refractivity contribution < 1.29 is 18.8 Å². The molecule has 0 aliphatic carbocycles. The standard InChI is InChI=1S/C21H29N3O4/c1-4-5-6-9-19(25)24-12-7-8-16(14-24)21-22-20(23-28-21)15-10-11-17(26-2)18(13-15)27-3/h10-11,13,16H,4-9,12,14H2,1-3H3/t16-/m0/s1. The van der Waals surface area contributed by atoms with Crippen molar-refractivity contribution in [2.24, 2.45) is 0 Å². The molecule has 1 saturated heterocycles. The lowest BCUT2D eigenvalue weighted by Crippen LogP contribution is -2.39. The van der Waals surface area contributed by atoms with Crippen molar-refractivity contribution >= 4 is 5.91 Å². The topological polar surface area (TPSA) is 77.7 Å². The predicted octanol–water partition coefficient (Wildman–Crippen LogP) is 4.04. The zero-order valence-electron chi connectivity index (χ0n) is 16.9. The summed E-state index contributed by atoms with van der Waals surface area (Å²) in [5.41, 5.74) is 0.802. The van der Waals surface area contributed by atoms with E-state index in [0.717, 1.165) is 44.2 Å². The van der Waals surface area contributed by atoms with Gasteiger partial charge in [-0.15, -0.1) is 0 Å². The van der Waals surface area contributed by atoms with Gasteiger partial charge in [-0.05, 0) is 37.5 Å². The Hall–Kier alpha value is -2.57. The number of likely N-dealkylation sites (tertiary alicyclic amines) is 1. The van der Waals surface area contributed by atoms with Crippen LogP contribution in [0.2, 0.25) is 0 Å². The number of hydrogen-bond donors (Lipinski definition) is 0. The van der Waals surface area contributed by atoms with E-state index in [1.807, 2.05) is 23.1 Å².